The van der Waals surface area contributed by atoms with Crippen molar-refractivity contribution in [3.8, 4) is 0 Å². The van der Waals surface area contributed by atoms with Gasteiger partial charge < -0.3 is 15.2 Å². The second-order valence-electron chi connectivity index (χ2n) is 4.69. The molecule has 0 aliphatic heterocycles. The fraction of sp³-hybridized carbons (Fsp3) is 0.333. The van der Waals surface area contributed by atoms with Gasteiger partial charge in [0, 0.05) is 0 Å². The lowest BCUT2D eigenvalue weighted by molar-refractivity contribution is -0.151. The minimum absolute atomic E-state index is 0.378. The highest BCUT2D eigenvalue weighted by molar-refractivity contribution is 5.90. The van der Waals surface area contributed by atoms with Gasteiger partial charge >= 0.3 is 11.9 Å². The third-order valence-corrected chi connectivity index (χ3v) is 3.35. The fourth-order valence-corrected chi connectivity index (χ4v) is 2.17. The Morgan fingerprint density at radius 3 is 2.65 bits per heavy atom. The van der Waals surface area contributed by atoms with Crippen LogP contribution in [0.4, 0.5) is 0 Å². The summed E-state index contributed by atoms with van der Waals surface area (Å²) in [7, 11) is 1.27. The van der Waals surface area contributed by atoms with Gasteiger partial charge in [0.15, 0.2) is 5.54 Å². The SMILES string of the molecule is COC(=O)[C@@]1(N)CCC=C[C@@H]1OC(=O)c1ccccc1. The Kier molecular flexibility index (Phi) is 4.20. The highest BCUT2D eigenvalue weighted by atomic mass is 16.6. The fourth-order valence-electron chi connectivity index (χ4n) is 2.17. The molecule has 1 aliphatic rings. The number of nitrogens with two attached hydrogens (primary N) is 1. The third kappa shape index (κ3) is 2.72. The quantitative estimate of drug-likeness (QED) is 0.667. The molecular formula is C15H17NO4. The molecule has 1 aliphatic carbocycles. The summed E-state index contributed by atoms with van der Waals surface area (Å²) in [6.07, 6.45) is 3.68. The van der Waals surface area contributed by atoms with Crippen LogP contribution in [0, 0.1) is 0 Å². The maximum atomic E-state index is 12.0. The first-order valence-corrected chi connectivity index (χ1v) is 6.38. The molecule has 0 saturated carbocycles. The molecule has 0 saturated heterocycles. The summed E-state index contributed by atoms with van der Waals surface area (Å²) in [6, 6.07) is 8.57. The molecule has 0 fully saturated rings. The summed E-state index contributed by atoms with van der Waals surface area (Å²) in [5, 5.41) is 0. The van der Waals surface area contributed by atoms with E-state index in [0.717, 1.165) is 0 Å². The van der Waals surface area contributed by atoms with Crippen LogP contribution in [0.2, 0.25) is 0 Å². The third-order valence-electron chi connectivity index (χ3n) is 3.35. The molecule has 0 spiro atoms. The second-order valence-corrected chi connectivity index (χ2v) is 4.69. The second kappa shape index (κ2) is 5.88. The normalized spacial score (nSPS) is 25.0. The van der Waals surface area contributed by atoms with Crippen molar-refractivity contribution in [1.82, 2.24) is 0 Å². The molecule has 2 N–H and O–H groups in total. The minimum atomic E-state index is -1.33. The number of carbonyl (C=O) groups is 2. The van der Waals surface area contributed by atoms with Crippen LogP contribution < -0.4 is 5.73 Å². The molecule has 2 rings (SSSR count). The van der Waals surface area contributed by atoms with Crippen LogP contribution in [0.25, 0.3) is 0 Å². The van der Waals surface area contributed by atoms with Gasteiger partial charge in [0.2, 0.25) is 0 Å². The lowest BCUT2D eigenvalue weighted by atomic mass is 9.84. The lowest BCUT2D eigenvalue weighted by Gasteiger charge is -2.34. The smallest absolute Gasteiger partial charge is 0.338 e. The van der Waals surface area contributed by atoms with Crippen LogP contribution in [-0.2, 0) is 14.3 Å². The molecule has 0 bridgehead atoms. The van der Waals surface area contributed by atoms with Gasteiger partial charge in [-0.15, -0.1) is 0 Å². The Labute approximate surface area is 117 Å². The maximum absolute atomic E-state index is 12.0. The summed E-state index contributed by atoms with van der Waals surface area (Å²) in [5.41, 5.74) is 5.17. The summed E-state index contributed by atoms with van der Waals surface area (Å²) in [5.74, 6) is -1.09. The van der Waals surface area contributed by atoms with E-state index in [-0.39, 0.29) is 0 Å². The lowest BCUT2D eigenvalue weighted by Crippen LogP contribution is -2.59. The first kappa shape index (κ1) is 14.3. The number of esters is 2. The highest BCUT2D eigenvalue weighted by Gasteiger charge is 2.45. The molecule has 0 unspecified atom stereocenters. The van der Waals surface area contributed by atoms with E-state index in [1.54, 1.807) is 36.4 Å². The molecule has 20 heavy (non-hydrogen) atoms. The molecule has 1 aromatic rings. The van der Waals surface area contributed by atoms with Gasteiger partial charge in [0.05, 0.1) is 12.7 Å². The Balaban J connectivity index is 2.18. The first-order valence-electron chi connectivity index (χ1n) is 6.38. The van der Waals surface area contributed by atoms with Gasteiger partial charge in [-0.1, -0.05) is 24.3 Å². The zero-order chi connectivity index (χ0) is 14.6. The number of rotatable bonds is 3. The largest absolute Gasteiger partial charge is 0.468 e. The van der Waals surface area contributed by atoms with Gasteiger partial charge in [-0.05, 0) is 31.1 Å². The van der Waals surface area contributed by atoms with Crippen molar-refractivity contribution in [2.45, 2.75) is 24.5 Å². The van der Waals surface area contributed by atoms with E-state index < -0.39 is 23.6 Å². The monoisotopic (exact) mass is 275 g/mol. The Hall–Kier alpha value is -2.14. The number of allylic oxidation sites excluding steroid dienone is 1. The predicted octanol–water partition coefficient (Wildman–Crippen LogP) is 1.43. The van der Waals surface area contributed by atoms with E-state index in [1.807, 2.05) is 6.08 Å². The summed E-state index contributed by atoms with van der Waals surface area (Å²) in [6.45, 7) is 0. The molecule has 0 radical (unpaired) electrons. The summed E-state index contributed by atoms with van der Waals surface area (Å²) >= 11 is 0. The zero-order valence-electron chi connectivity index (χ0n) is 11.2. The summed E-state index contributed by atoms with van der Waals surface area (Å²) < 4.78 is 10.1. The minimum Gasteiger partial charge on any atom is -0.468 e. The van der Waals surface area contributed by atoms with Gasteiger partial charge in [-0.25, -0.2) is 9.59 Å². The van der Waals surface area contributed by atoms with E-state index in [4.69, 9.17) is 15.2 Å². The topological polar surface area (TPSA) is 78.6 Å². The van der Waals surface area contributed by atoms with E-state index >= 15 is 0 Å². The first-order chi connectivity index (χ1) is 9.58. The molecule has 1 aromatic carbocycles. The van der Waals surface area contributed by atoms with Crippen molar-refractivity contribution < 1.29 is 19.1 Å². The van der Waals surface area contributed by atoms with E-state index in [2.05, 4.69) is 0 Å². The number of hydrogen-bond acceptors (Lipinski definition) is 5. The molecule has 5 heteroatoms. The molecule has 106 valence electrons. The van der Waals surface area contributed by atoms with Crippen molar-refractivity contribution in [2.24, 2.45) is 5.73 Å². The highest BCUT2D eigenvalue weighted by Crippen LogP contribution is 2.26. The average Bonchev–Trinajstić information content (AvgIpc) is 2.49. The molecule has 0 amide bonds. The van der Waals surface area contributed by atoms with Gasteiger partial charge in [0.25, 0.3) is 0 Å². The average molecular weight is 275 g/mol. The van der Waals surface area contributed by atoms with Crippen molar-refractivity contribution in [1.29, 1.82) is 0 Å². The number of benzene rings is 1. The van der Waals surface area contributed by atoms with Gasteiger partial charge in [-0.3, -0.25) is 0 Å². The van der Waals surface area contributed by atoms with Crippen molar-refractivity contribution in [2.75, 3.05) is 7.11 Å². The van der Waals surface area contributed by atoms with Crippen LogP contribution in [0.15, 0.2) is 42.5 Å². The number of ether oxygens (including phenoxy) is 2. The molecular weight excluding hydrogens is 258 g/mol. The molecule has 0 aromatic heterocycles. The van der Waals surface area contributed by atoms with E-state index in [0.29, 0.717) is 18.4 Å². The van der Waals surface area contributed by atoms with E-state index in [9.17, 15) is 9.59 Å². The van der Waals surface area contributed by atoms with Gasteiger partial charge in [-0.2, -0.15) is 0 Å². The Morgan fingerprint density at radius 1 is 1.30 bits per heavy atom. The van der Waals surface area contributed by atoms with Crippen LogP contribution in [0.1, 0.15) is 23.2 Å². The van der Waals surface area contributed by atoms with Crippen LogP contribution >= 0.6 is 0 Å². The Morgan fingerprint density at radius 2 is 2.00 bits per heavy atom. The molecule has 2 atom stereocenters. The van der Waals surface area contributed by atoms with Crippen molar-refractivity contribution in [3.63, 3.8) is 0 Å². The van der Waals surface area contributed by atoms with Crippen LogP contribution in [0.5, 0.6) is 0 Å². The van der Waals surface area contributed by atoms with Crippen LogP contribution in [-0.4, -0.2) is 30.7 Å². The number of methoxy groups -OCH3 is 1. The number of carbonyl (C=O) groups excluding carboxylic acids is 2. The molecule has 5 nitrogen and oxygen atoms in total. The van der Waals surface area contributed by atoms with E-state index in [1.165, 1.54) is 7.11 Å². The maximum Gasteiger partial charge on any atom is 0.338 e. The molecule has 0 heterocycles. The number of hydrogen-bond donors (Lipinski definition) is 1. The van der Waals surface area contributed by atoms with Crippen molar-refractivity contribution >= 4 is 11.9 Å². The van der Waals surface area contributed by atoms with Gasteiger partial charge in [0.1, 0.15) is 6.10 Å². The predicted molar refractivity (Wildman–Crippen MR) is 73.0 cm³/mol. The van der Waals surface area contributed by atoms with Crippen molar-refractivity contribution in [3.05, 3.63) is 48.0 Å². The standard InChI is InChI=1S/C15H17NO4/c1-19-14(18)15(16)10-6-5-9-12(15)20-13(17)11-7-3-2-4-8-11/h2-5,7-9,12H,6,10,16H2,1H3/t12-,15+/m0/s1. The van der Waals surface area contributed by atoms with Crippen LogP contribution in [0.3, 0.4) is 0 Å². The zero-order valence-corrected chi connectivity index (χ0v) is 11.2. The summed E-state index contributed by atoms with van der Waals surface area (Å²) in [4.78, 5) is 23.9. The Bertz CT molecular complexity index is 526.